The molecule has 8 nitrogen and oxygen atoms in total. The summed E-state index contributed by atoms with van der Waals surface area (Å²) in [5.41, 5.74) is 5.20. The zero-order valence-electron chi connectivity index (χ0n) is 24.1. The second-order valence-electron chi connectivity index (χ2n) is 10.3. The molecule has 0 aliphatic carbocycles. The molecule has 2 aromatic heterocycles. The number of hydrogen-bond donors (Lipinski definition) is 0. The van der Waals surface area contributed by atoms with Crippen LogP contribution in [0, 0.1) is 13.8 Å². The van der Waals surface area contributed by atoms with Crippen LogP contribution in [0.25, 0.3) is 11.8 Å². The van der Waals surface area contributed by atoms with Crippen molar-refractivity contribution in [2.75, 3.05) is 7.11 Å². The molecule has 0 amide bonds. The lowest BCUT2D eigenvalue weighted by Gasteiger charge is -2.25. The van der Waals surface area contributed by atoms with Crippen LogP contribution in [0.4, 0.5) is 0 Å². The van der Waals surface area contributed by atoms with E-state index in [0.29, 0.717) is 31.2 Å². The predicted octanol–water partition coefficient (Wildman–Crippen LogP) is 5.03. The van der Waals surface area contributed by atoms with Crippen LogP contribution in [0.3, 0.4) is 0 Å². The van der Waals surface area contributed by atoms with Crippen LogP contribution >= 0.6 is 22.9 Å². The monoisotopic (exact) mass is 603 g/mol. The van der Waals surface area contributed by atoms with E-state index in [0.717, 1.165) is 28.2 Å². The zero-order valence-corrected chi connectivity index (χ0v) is 25.7. The fraction of sp³-hybridized carbons (Fsp3) is 0.250. The van der Waals surface area contributed by atoms with Crippen LogP contribution in [0.1, 0.15) is 59.7 Å². The smallest absolute Gasteiger partial charge is 0.338 e. The molecule has 2 aromatic carbocycles. The molecule has 0 saturated heterocycles. The van der Waals surface area contributed by atoms with Crippen molar-refractivity contribution in [1.29, 1.82) is 0 Å². The molecule has 0 unspecified atom stereocenters. The van der Waals surface area contributed by atoms with Crippen molar-refractivity contribution in [2.24, 2.45) is 4.99 Å². The minimum atomic E-state index is -0.722. The van der Waals surface area contributed by atoms with Gasteiger partial charge < -0.3 is 14.0 Å². The number of aromatic nitrogens is 2. The summed E-state index contributed by atoms with van der Waals surface area (Å²) in [6.07, 6.45) is 1.51. The highest BCUT2D eigenvalue weighted by Crippen LogP contribution is 2.31. The summed E-state index contributed by atoms with van der Waals surface area (Å²) < 4.78 is 14.5. The van der Waals surface area contributed by atoms with Crippen molar-refractivity contribution < 1.29 is 19.1 Å². The van der Waals surface area contributed by atoms with Gasteiger partial charge in [0.25, 0.3) is 5.56 Å². The summed E-state index contributed by atoms with van der Waals surface area (Å²) in [6, 6.07) is 15.5. The molecule has 1 aliphatic heterocycles. The lowest BCUT2D eigenvalue weighted by atomic mass is 9.96. The number of aryl methyl sites for hydroxylation is 1. The summed E-state index contributed by atoms with van der Waals surface area (Å²) in [7, 11) is 1.35. The summed E-state index contributed by atoms with van der Waals surface area (Å²) in [5.74, 6) is -0.930. The Morgan fingerprint density at radius 3 is 2.43 bits per heavy atom. The molecule has 0 radical (unpaired) electrons. The Kier molecular flexibility index (Phi) is 8.08. The number of thiazole rings is 1. The molecular weight excluding hydrogens is 574 g/mol. The molecule has 0 bridgehead atoms. The molecule has 0 fully saturated rings. The standard InChI is InChI=1S/C32H30ClN3O5S/c1-17(2)41-31(39)27-19(4)34-32-36(28(27)21-10-12-24(33)13-11-21)29(37)26(42-32)16-23-14-18(3)35(20(23)5)25-9-7-8-22(15-25)30(38)40-6/h7-17,28H,1-6H3/b26-16+/t28-/m1/s1. The van der Waals surface area contributed by atoms with Crippen LogP contribution in [0.5, 0.6) is 0 Å². The molecule has 0 spiro atoms. The number of ether oxygens (including phenoxy) is 2. The fourth-order valence-electron chi connectivity index (χ4n) is 5.18. The summed E-state index contributed by atoms with van der Waals surface area (Å²) in [6.45, 7) is 9.24. The zero-order chi connectivity index (χ0) is 30.3. The number of allylic oxidation sites excluding steroid dienone is 1. The molecule has 4 aromatic rings. The van der Waals surface area contributed by atoms with Gasteiger partial charge in [0.05, 0.1) is 40.6 Å². The van der Waals surface area contributed by atoms with Crippen molar-refractivity contribution in [3.8, 4) is 5.69 Å². The average Bonchev–Trinajstić information content (AvgIpc) is 3.41. The van der Waals surface area contributed by atoms with Crippen molar-refractivity contribution in [3.05, 3.63) is 119 Å². The van der Waals surface area contributed by atoms with Gasteiger partial charge in [-0.2, -0.15) is 0 Å². The number of benzene rings is 2. The molecule has 0 N–H and O–H groups in total. The molecule has 1 aliphatic rings. The molecule has 216 valence electrons. The highest BCUT2D eigenvalue weighted by Gasteiger charge is 2.33. The van der Waals surface area contributed by atoms with Gasteiger partial charge in [-0.05, 0) is 88.2 Å². The van der Waals surface area contributed by atoms with E-state index >= 15 is 0 Å². The Labute approximate surface area is 251 Å². The van der Waals surface area contributed by atoms with Crippen molar-refractivity contribution in [3.63, 3.8) is 0 Å². The van der Waals surface area contributed by atoms with Gasteiger partial charge in [0.2, 0.25) is 0 Å². The fourth-order valence-corrected chi connectivity index (χ4v) is 6.35. The van der Waals surface area contributed by atoms with Gasteiger partial charge in [-0.1, -0.05) is 41.1 Å². The minimum Gasteiger partial charge on any atom is -0.465 e. The van der Waals surface area contributed by atoms with Crippen LogP contribution in [-0.4, -0.2) is 34.3 Å². The third kappa shape index (κ3) is 5.37. The molecule has 42 heavy (non-hydrogen) atoms. The lowest BCUT2D eigenvalue weighted by Crippen LogP contribution is -2.40. The maximum absolute atomic E-state index is 14.0. The van der Waals surface area contributed by atoms with E-state index in [4.69, 9.17) is 21.1 Å². The molecule has 1 atom stereocenters. The first kappa shape index (κ1) is 29.3. The Morgan fingerprint density at radius 2 is 1.76 bits per heavy atom. The van der Waals surface area contributed by atoms with Gasteiger partial charge in [0.15, 0.2) is 4.80 Å². The SMILES string of the molecule is COC(=O)c1cccc(-n2c(C)cc(/C=c3/sc4n(c3=O)[C@H](c3ccc(Cl)cc3)C(C(=O)OC(C)C)=C(C)N=4)c2C)c1. The maximum atomic E-state index is 14.0. The molecule has 3 heterocycles. The number of methoxy groups -OCH3 is 1. The first-order valence-electron chi connectivity index (χ1n) is 13.4. The van der Waals surface area contributed by atoms with Gasteiger partial charge >= 0.3 is 11.9 Å². The van der Waals surface area contributed by atoms with Gasteiger partial charge in [-0.3, -0.25) is 9.36 Å². The van der Waals surface area contributed by atoms with E-state index in [1.807, 2.05) is 48.8 Å². The quantitative estimate of drug-likeness (QED) is 0.288. The number of halogens is 1. The number of nitrogens with zero attached hydrogens (tertiary/aromatic N) is 3. The number of carbonyl (C=O) groups excluding carboxylic acids is 2. The first-order valence-corrected chi connectivity index (χ1v) is 14.6. The maximum Gasteiger partial charge on any atom is 0.338 e. The number of esters is 2. The van der Waals surface area contributed by atoms with Crippen LogP contribution in [-0.2, 0) is 14.3 Å². The number of fused-ring (bicyclic) bond motifs is 1. The van der Waals surface area contributed by atoms with Crippen LogP contribution in [0.15, 0.2) is 75.7 Å². The molecule has 0 saturated carbocycles. The van der Waals surface area contributed by atoms with Gasteiger partial charge in [0, 0.05) is 22.1 Å². The Balaban J connectivity index is 1.66. The van der Waals surface area contributed by atoms with Gasteiger partial charge in [-0.25, -0.2) is 14.6 Å². The second-order valence-corrected chi connectivity index (χ2v) is 11.7. The van der Waals surface area contributed by atoms with Crippen LogP contribution in [0.2, 0.25) is 5.02 Å². The average molecular weight is 604 g/mol. The Hall–Kier alpha value is -4.21. The van der Waals surface area contributed by atoms with E-state index in [2.05, 4.69) is 4.99 Å². The van der Waals surface area contributed by atoms with Gasteiger partial charge in [0.1, 0.15) is 0 Å². The predicted molar refractivity (Wildman–Crippen MR) is 163 cm³/mol. The highest BCUT2D eigenvalue weighted by atomic mass is 35.5. The van der Waals surface area contributed by atoms with E-state index in [9.17, 15) is 14.4 Å². The van der Waals surface area contributed by atoms with E-state index in [1.54, 1.807) is 55.7 Å². The minimum absolute atomic E-state index is 0.265. The first-order chi connectivity index (χ1) is 20.0. The summed E-state index contributed by atoms with van der Waals surface area (Å²) >= 11 is 7.42. The van der Waals surface area contributed by atoms with Crippen LogP contribution < -0.4 is 14.9 Å². The molecule has 5 rings (SSSR count). The van der Waals surface area contributed by atoms with E-state index in [1.165, 1.54) is 18.4 Å². The Morgan fingerprint density at radius 1 is 1.05 bits per heavy atom. The third-order valence-corrected chi connectivity index (χ3v) is 8.29. The summed E-state index contributed by atoms with van der Waals surface area (Å²) in [5, 5.41) is 0.547. The normalized spacial score (nSPS) is 15.0. The second kappa shape index (κ2) is 11.6. The molecular formula is C32H30ClN3O5S. The lowest BCUT2D eigenvalue weighted by molar-refractivity contribution is -0.143. The topological polar surface area (TPSA) is 91.9 Å². The number of rotatable bonds is 6. The van der Waals surface area contributed by atoms with E-state index in [-0.39, 0.29) is 11.7 Å². The van der Waals surface area contributed by atoms with Crippen molar-refractivity contribution in [1.82, 2.24) is 9.13 Å². The van der Waals surface area contributed by atoms with Crippen molar-refractivity contribution >= 4 is 41.0 Å². The molecule has 10 heteroatoms. The highest BCUT2D eigenvalue weighted by molar-refractivity contribution is 7.07. The third-order valence-electron chi connectivity index (χ3n) is 7.05. The Bertz CT molecular complexity index is 1930. The van der Waals surface area contributed by atoms with Crippen molar-refractivity contribution in [2.45, 2.75) is 46.8 Å². The number of carbonyl (C=O) groups is 2. The summed E-state index contributed by atoms with van der Waals surface area (Å²) in [4.78, 5) is 44.6. The largest absolute Gasteiger partial charge is 0.465 e. The van der Waals surface area contributed by atoms with Gasteiger partial charge in [-0.15, -0.1) is 0 Å². The number of hydrogen-bond acceptors (Lipinski definition) is 7. The van der Waals surface area contributed by atoms with E-state index < -0.39 is 18.0 Å².